The molecule has 9 heteroatoms. The van der Waals surface area contributed by atoms with E-state index in [1.807, 2.05) is 6.92 Å². The molecule has 1 amide bonds. The summed E-state index contributed by atoms with van der Waals surface area (Å²) in [6.45, 7) is 3.97. The van der Waals surface area contributed by atoms with Crippen LogP contribution in [0.1, 0.15) is 36.7 Å². The molecular weight excluding hydrogens is 350 g/mol. The molecule has 0 aromatic carbocycles. The van der Waals surface area contributed by atoms with Crippen LogP contribution in [0.5, 0.6) is 0 Å². The highest BCUT2D eigenvalue weighted by molar-refractivity contribution is 7.89. The first-order chi connectivity index (χ1) is 11.5. The van der Waals surface area contributed by atoms with E-state index in [0.29, 0.717) is 38.4 Å². The van der Waals surface area contributed by atoms with Gasteiger partial charge in [-0.3, -0.25) is 4.79 Å². The number of hydrogen-bond acceptors (Lipinski definition) is 6. The van der Waals surface area contributed by atoms with Crippen molar-refractivity contribution >= 4 is 27.3 Å². The molecule has 134 valence electrons. The fourth-order valence-corrected chi connectivity index (χ4v) is 5.59. The molecule has 0 unspecified atom stereocenters. The van der Waals surface area contributed by atoms with E-state index in [2.05, 4.69) is 10.3 Å². The molecule has 1 N–H and O–H groups in total. The Hall–Kier alpha value is -1.03. The Labute approximate surface area is 146 Å². The highest BCUT2D eigenvalue weighted by Gasteiger charge is 2.55. The van der Waals surface area contributed by atoms with Crippen LogP contribution in [0.15, 0.2) is 10.9 Å². The van der Waals surface area contributed by atoms with Crippen LogP contribution in [-0.2, 0) is 14.8 Å². The summed E-state index contributed by atoms with van der Waals surface area (Å²) in [7, 11) is -3.15. The number of rotatable bonds is 7. The Kier molecular flexibility index (Phi) is 5.24. The second-order valence-electron chi connectivity index (χ2n) is 6.40. The molecule has 7 nitrogen and oxygen atoms in total. The number of sulfonamides is 1. The van der Waals surface area contributed by atoms with Gasteiger partial charge < -0.3 is 10.1 Å². The molecular formula is C15H23N3O4S2. The first-order valence-electron chi connectivity index (χ1n) is 8.25. The standard InChI is InChI=1S/C15H23N3O4S2/c1-2-7-24(20,21)18-9-15(10-18)12(4-6-22-15)3-5-16-14(19)13-8-23-11-17-13/h8,11-12H,2-7,9-10H2,1H3,(H,16,19)/t12-/m1/s1. The van der Waals surface area contributed by atoms with Crippen LogP contribution in [0.4, 0.5) is 0 Å². The SMILES string of the molecule is CCCS(=O)(=O)N1CC2(C1)OCC[C@H]2CCNC(=O)c1cscn1. The number of ether oxygens (including phenoxy) is 1. The Morgan fingerprint density at radius 2 is 2.33 bits per heavy atom. The van der Waals surface area contributed by atoms with Crippen LogP contribution < -0.4 is 5.32 Å². The number of amides is 1. The maximum absolute atomic E-state index is 12.1. The quantitative estimate of drug-likeness (QED) is 0.773. The lowest BCUT2D eigenvalue weighted by atomic mass is 9.80. The van der Waals surface area contributed by atoms with Crippen molar-refractivity contribution in [1.82, 2.24) is 14.6 Å². The van der Waals surface area contributed by atoms with Gasteiger partial charge >= 0.3 is 0 Å². The summed E-state index contributed by atoms with van der Waals surface area (Å²) in [5, 5.41) is 4.60. The number of carbonyl (C=O) groups is 1. The molecule has 2 fully saturated rings. The van der Waals surface area contributed by atoms with E-state index in [-0.39, 0.29) is 23.2 Å². The van der Waals surface area contributed by atoms with Crippen molar-refractivity contribution in [3.8, 4) is 0 Å². The largest absolute Gasteiger partial charge is 0.372 e. The van der Waals surface area contributed by atoms with Crippen molar-refractivity contribution in [3.63, 3.8) is 0 Å². The number of nitrogens with zero attached hydrogens (tertiary/aromatic N) is 2. The van der Waals surface area contributed by atoms with Crippen molar-refractivity contribution in [2.24, 2.45) is 5.92 Å². The lowest BCUT2D eigenvalue weighted by molar-refractivity contribution is -0.102. The van der Waals surface area contributed by atoms with Gasteiger partial charge in [-0.15, -0.1) is 11.3 Å². The lowest BCUT2D eigenvalue weighted by Crippen LogP contribution is -2.66. The second kappa shape index (κ2) is 7.07. The van der Waals surface area contributed by atoms with Crippen molar-refractivity contribution in [3.05, 3.63) is 16.6 Å². The number of carbonyl (C=O) groups excluding carboxylic acids is 1. The average Bonchev–Trinajstić information content (AvgIpc) is 3.15. The smallest absolute Gasteiger partial charge is 0.270 e. The second-order valence-corrected chi connectivity index (χ2v) is 9.21. The summed E-state index contributed by atoms with van der Waals surface area (Å²) in [5.74, 6) is 0.309. The third-order valence-corrected chi connectivity index (χ3v) is 7.34. The van der Waals surface area contributed by atoms with E-state index in [1.54, 1.807) is 10.9 Å². The zero-order valence-electron chi connectivity index (χ0n) is 13.7. The van der Waals surface area contributed by atoms with E-state index < -0.39 is 10.0 Å². The van der Waals surface area contributed by atoms with Gasteiger partial charge in [0, 0.05) is 31.6 Å². The molecule has 0 bridgehead atoms. The van der Waals surface area contributed by atoms with Crippen LogP contribution in [0.25, 0.3) is 0 Å². The molecule has 2 aliphatic rings. The molecule has 0 radical (unpaired) electrons. The summed E-state index contributed by atoms with van der Waals surface area (Å²) < 4.78 is 31.6. The number of aromatic nitrogens is 1. The summed E-state index contributed by atoms with van der Waals surface area (Å²) in [5.41, 5.74) is 1.72. The van der Waals surface area contributed by atoms with Gasteiger partial charge in [0.2, 0.25) is 10.0 Å². The van der Waals surface area contributed by atoms with Gasteiger partial charge in [-0.2, -0.15) is 4.31 Å². The molecule has 1 spiro atoms. The molecule has 1 atom stereocenters. The van der Waals surface area contributed by atoms with Crippen LogP contribution >= 0.6 is 11.3 Å². The Balaban J connectivity index is 1.49. The normalized spacial score (nSPS) is 23.3. The van der Waals surface area contributed by atoms with Crippen molar-refractivity contribution in [2.45, 2.75) is 31.8 Å². The number of hydrogen-bond donors (Lipinski definition) is 1. The Morgan fingerprint density at radius 1 is 1.54 bits per heavy atom. The Bertz CT molecular complexity index is 669. The van der Waals surface area contributed by atoms with Crippen LogP contribution in [0.3, 0.4) is 0 Å². The topological polar surface area (TPSA) is 88.6 Å². The molecule has 1 aromatic heterocycles. The summed E-state index contributed by atoms with van der Waals surface area (Å²) in [6, 6.07) is 0. The molecule has 24 heavy (non-hydrogen) atoms. The van der Waals surface area contributed by atoms with Crippen LogP contribution in [-0.4, -0.2) is 61.2 Å². The summed E-state index contributed by atoms with van der Waals surface area (Å²) >= 11 is 1.39. The fraction of sp³-hybridized carbons (Fsp3) is 0.733. The fourth-order valence-electron chi connectivity index (χ4n) is 3.45. The predicted octanol–water partition coefficient (Wildman–Crippen LogP) is 1.09. The maximum Gasteiger partial charge on any atom is 0.270 e. The molecule has 1 aromatic rings. The van der Waals surface area contributed by atoms with Gasteiger partial charge in [-0.25, -0.2) is 13.4 Å². The molecule has 0 saturated carbocycles. The van der Waals surface area contributed by atoms with Gasteiger partial charge in [0.15, 0.2) is 0 Å². The van der Waals surface area contributed by atoms with Gasteiger partial charge in [-0.1, -0.05) is 6.92 Å². The van der Waals surface area contributed by atoms with Gasteiger partial charge in [-0.05, 0) is 25.2 Å². The summed E-state index contributed by atoms with van der Waals surface area (Å²) in [4.78, 5) is 15.9. The third kappa shape index (κ3) is 3.49. The van der Waals surface area contributed by atoms with Crippen LogP contribution in [0.2, 0.25) is 0 Å². The maximum atomic E-state index is 12.1. The monoisotopic (exact) mass is 373 g/mol. The molecule has 3 rings (SSSR count). The number of thiazole rings is 1. The lowest BCUT2D eigenvalue weighted by Gasteiger charge is -2.49. The minimum Gasteiger partial charge on any atom is -0.372 e. The van der Waals surface area contributed by atoms with Gasteiger partial charge in [0.25, 0.3) is 5.91 Å². The molecule has 0 aliphatic carbocycles. The molecule has 3 heterocycles. The van der Waals surface area contributed by atoms with Crippen LogP contribution in [0, 0.1) is 5.92 Å². The van der Waals surface area contributed by atoms with E-state index in [0.717, 1.165) is 12.8 Å². The molecule has 2 aliphatic heterocycles. The summed E-state index contributed by atoms with van der Waals surface area (Å²) in [6.07, 6.45) is 2.32. The average molecular weight is 374 g/mol. The van der Waals surface area contributed by atoms with E-state index in [1.165, 1.54) is 15.6 Å². The van der Waals surface area contributed by atoms with Crippen molar-refractivity contribution in [1.29, 1.82) is 0 Å². The van der Waals surface area contributed by atoms with E-state index in [9.17, 15) is 13.2 Å². The van der Waals surface area contributed by atoms with Gasteiger partial charge in [0.1, 0.15) is 5.69 Å². The van der Waals surface area contributed by atoms with E-state index in [4.69, 9.17) is 4.74 Å². The number of nitrogens with one attached hydrogen (secondary N) is 1. The highest BCUT2D eigenvalue weighted by atomic mass is 32.2. The first-order valence-corrected chi connectivity index (χ1v) is 10.8. The van der Waals surface area contributed by atoms with E-state index >= 15 is 0 Å². The van der Waals surface area contributed by atoms with Crippen molar-refractivity contribution < 1.29 is 17.9 Å². The predicted molar refractivity (Wildman–Crippen MR) is 91.5 cm³/mol. The van der Waals surface area contributed by atoms with Gasteiger partial charge in [0.05, 0.1) is 16.9 Å². The molecule has 2 saturated heterocycles. The minimum absolute atomic E-state index is 0.162. The highest BCUT2D eigenvalue weighted by Crippen LogP contribution is 2.42. The minimum atomic E-state index is -3.15. The first kappa shape index (κ1) is 17.8. The zero-order valence-corrected chi connectivity index (χ0v) is 15.4. The Morgan fingerprint density at radius 3 is 3.00 bits per heavy atom. The van der Waals surface area contributed by atoms with Crippen molar-refractivity contribution in [2.75, 3.05) is 32.0 Å². The third-order valence-electron chi connectivity index (χ3n) is 4.79. The zero-order chi connectivity index (χ0) is 17.2.